The number of hydrogen-bond acceptors (Lipinski definition) is 12. The Hall–Kier alpha value is -5.54. The molecule has 6 amide bonds. The summed E-state index contributed by atoms with van der Waals surface area (Å²) in [5.41, 5.74) is 2.84. The van der Waals surface area contributed by atoms with Crippen LogP contribution in [0.2, 0.25) is 0 Å². The molecule has 4 heterocycles. The molecule has 0 radical (unpaired) electrons. The number of nitrogens with zero attached hydrogens (tertiary/aromatic N) is 4. The van der Waals surface area contributed by atoms with Crippen molar-refractivity contribution < 1.29 is 38.2 Å². The van der Waals surface area contributed by atoms with Gasteiger partial charge in [-0.3, -0.25) is 29.8 Å². The van der Waals surface area contributed by atoms with Crippen molar-refractivity contribution in [3.05, 3.63) is 48.5 Å². The summed E-state index contributed by atoms with van der Waals surface area (Å²) in [5.74, 6) is -0.995. The number of hydrogen-bond donors (Lipinski definition) is 4. The molecule has 4 saturated heterocycles. The SMILES string of the molecule is CC(C)(C)OC(=O)N1CCN(c2ccc(NC3CCC(=O)NC3=O)cc2)CC1.CC(C)(C)OC(=O)N1CCN(c2ccc(NC3CCC(=O)NC3=O)cc2)CC1. The van der Waals surface area contributed by atoms with Gasteiger partial charge in [0.1, 0.15) is 23.3 Å². The lowest BCUT2D eigenvalue weighted by atomic mass is 10.1. The molecule has 4 fully saturated rings. The van der Waals surface area contributed by atoms with Gasteiger partial charge in [-0.25, -0.2) is 9.59 Å². The van der Waals surface area contributed by atoms with Gasteiger partial charge in [0.2, 0.25) is 23.6 Å². The highest BCUT2D eigenvalue weighted by atomic mass is 16.6. The summed E-state index contributed by atoms with van der Waals surface area (Å²) in [6.45, 7) is 16.6. The van der Waals surface area contributed by atoms with Crippen LogP contribution in [0.1, 0.15) is 67.2 Å². The molecule has 16 nitrogen and oxygen atoms in total. The van der Waals surface area contributed by atoms with Crippen LogP contribution in [0, 0.1) is 0 Å². The molecule has 2 unspecified atom stereocenters. The minimum absolute atomic E-state index is 0.219. The van der Waals surface area contributed by atoms with Gasteiger partial charge in [0.05, 0.1) is 0 Å². The van der Waals surface area contributed by atoms with E-state index in [1.807, 2.05) is 90.1 Å². The van der Waals surface area contributed by atoms with Crippen LogP contribution in [-0.4, -0.2) is 121 Å². The molecule has 0 aliphatic carbocycles. The third kappa shape index (κ3) is 12.2. The highest BCUT2D eigenvalue weighted by molar-refractivity contribution is 6.02. The molecule has 2 aromatic rings. The molecule has 6 rings (SSSR count). The summed E-state index contributed by atoms with van der Waals surface area (Å²) < 4.78 is 10.9. The van der Waals surface area contributed by atoms with Crippen molar-refractivity contribution >= 4 is 58.6 Å². The number of rotatable bonds is 6. The fourth-order valence-electron chi connectivity index (χ4n) is 6.55. The quantitative estimate of drug-likeness (QED) is 0.311. The summed E-state index contributed by atoms with van der Waals surface area (Å²) in [6, 6.07) is 14.9. The maximum Gasteiger partial charge on any atom is 0.410 e. The van der Waals surface area contributed by atoms with Crippen molar-refractivity contribution in [1.29, 1.82) is 0 Å². The Balaban J connectivity index is 0.000000214. The van der Waals surface area contributed by atoms with E-state index in [-0.39, 0.29) is 47.9 Å². The molecule has 304 valence electrons. The summed E-state index contributed by atoms with van der Waals surface area (Å²) in [5, 5.41) is 11.0. The number of piperazine rings is 2. The zero-order valence-corrected chi connectivity index (χ0v) is 33.3. The topological polar surface area (TPSA) is 182 Å². The van der Waals surface area contributed by atoms with E-state index in [1.165, 1.54) is 0 Å². The normalized spacial score (nSPS) is 20.6. The summed E-state index contributed by atoms with van der Waals surface area (Å²) in [4.78, 5) is 78.4. The first-order valence-corrected chi connectivity index (χ1v) is 19.3. The van der Waals surface area contributed by atoms with Gasteiger partial charge in [-0.05, 0) is 103 Å². The molecule has 16 heteroatoms. The van der Waals surface area contributed by atoms with Crippen molar-refractivity contribution in [1.82, 2.24) is 20.4 Å². The molecule has 4 aliphatic heterocycles. The highest BCUT2D eigenvalue weighted by Gasteiger charge is 2.30. The van der Waals surface area contributed by atoms with Gasteiger partial charge in [-0.1, -0.05) is 0 Å². The molecule has 2 atom stereocenters. The van der Waals surface area contributed by atoms with Gasteiger partial charge in [-0.2, -0.15) is 0 Å². The Bertz CT molecular complexity index is 1590. The fourth-order valence-corrected chi connectivity index (χ4v) is 6.55. The fraction of sp³-hybridized carbons (Fsp3) is 0.550. The molecular formula is C40H56N8O8. The molecular weight excluding hydrogens is 720 g/mol. The van der Waals surface area contributed by atoms with E-state index in [9.17, 15) is 28.8 Å². The van der Waals surface area contributed by atoms with Crippen LogP contribution in [0.4, 0.5) is 32.3 Å². The maximum absolute atomic E-state index is 12.2. The van der Waals surface area contributed by atoms with Crippen LogP contribution >= 0.6 is 0 Å². The van der Waals surface area contributed by atoms with Crippen LogP contribution in [0.5, 0.6) is 0 Å². The Morgan fingerprint density at radius 2 is 0.875 bits per heavy atom. The Morgan fingerprint density at radius 3 is 1.16 bits per heavy atom. The smallest absolute Gasteiger partial charge is 0.410 e. The number of ether oxygens (including phenoxy) is 2. The molecule has 4 N–H and O–H groups in total. The van der Waals surface area contributed by atoms with Gasteiger partial charge >= 0.3 is 12.2 Å². The maximum atomic E-state index is 12.2. The predicted molar refractivity (Wildman–Crippen MR) is 213 cm³/mol. The van der Waals surface area contributed by atoms with Crippen LogP contribution in [-0.2, 0) is 28.7 Å². The van der Waals surface area contributed by atoms with Crippen LogP contribution in [0.3, 0.4) is 0 Å². The van der Waals surface area contributed by atoms with Crippen molar-refractivity contribution in [3.63, 3.8) is 0 Å². The Kier molecular flexibility index (Phi) is 13.3. The monoisotopic (exact) mass is 776 g/mol. The van der Waals surface area contributed by atoms with E-state index in [0.717, 1.165) is 48.9 Å². The predicted octanol–water partition coefficient (Wildman–Crippen LogP) is 3.92. The molecule has 0 aromatic heterocycles. The number of carbonyl (C=O) groups excluding carboxylic acids is 6. The van der Waals surface area contributed by atoms with Crippen molar-refractivity contribution in [2.75, 3.05) is 72.8 Å². The molecule has 0 bridgehead atoms. The lowest BCUT2D eigenvalue weighted by Gasteiger charge is -2.36. The number of anilines is 4. The van der Waals surface area contributed by atoms with Gasteiger partial charge in [0.25, 0.3) is 0 Å². The molecule has 0 spiro atoms. The number of amides is 6. The van der Waals surface area contributed by atoms with Gasteiger partial charge < -0.3 is 39.7 Å². The minimum Gasteiger partial charge on any atom is -0.444 e. The van der Waals surface area contributed by atoms with Crippen molar-refractivity contribution in [2.45, 2.75) is 90.5 Å². The van der Waals surface area contributed by atoms with Gasteiger partial charge in [0.15, 0.2) is 0 Å². The van der Waals surface area contributed by atoms with E-state index in [2.05, 4.69) is 31.1 Å². The average Bonchev–Trinajstić information content (AvgIpc) is 3.14. The summed E-state index contributed by atoms with van der Waals surface area (Å²) in [7, 11) is 0. The zero-order chi connectivity index (χ0) is 40.6. The number of piperidine rings is 2. The van der Waals surface area contributed by atoms with E-state index in [1.54, 1.807) is 9.80 Å². The zero-order valence-electron chi connectivity index (χ0n) is 33.3. The minimum atomic E-state index is -0.487. The number of nitrogens with one attached hydrogen (secondary N) is 4. The van der Waals surface area contributed by atoms with E-state index in [4.69, 9.17) is 9.47 Å². The third-order valence-electron chi connectivity index (χ3n) is 9.49. The lowest BCUT2D eigenvalue weighted by Crippen LogP contribution is -2.50. The number of benzene rings is 2. The molecule has 0 saturated carbocycles. The number of carbonyl (C=O) groups is 6. The Labute approximate surface area is 328 Å². The second-order valence-corrected chi connectivity index (χ2v) is 16.3. The van der Waals surface area contributed by atoms with E-state index >= 15 is 0 Å². The molecule has 4 aliphatic rings. The second-order valence-electron chi connectivity index (χ2n) is 16.3. The first kappa shape index (κ1) is 41.6. The first-order valence-electron chi connectivity index (χ1n) is 19.3. The van der Waals surface area contributed by atoms with Gasteiger partial charge in [0, 0.05) is 87.9 Å². The van der Waals surface area contributed by atoms with E-state index < -0.39 is 11.2 Å². The first-order chi connectivity index (χ1) is 26.4. The van der Waals surface area contributed by atoms with Crippen LogP contribution in [0.25, 0.3) is 0 Å². The largest absolute Gasteiger partial charge is 0.444 e. The molecule has 56 heavy (non-hydrogen) atoms. The standard InChI is InChI=1S/2C20H28N4O4/c2*1-20(2,3)28-19(27)24-12-10-23(11-13-24)15-6-4-14(5-7-15)21-16-8-9-17(25)22-18(16)26/h2*4-7,16,21H,8-13H2,1-3H3,(H,22,25,26). The highest BCUT2D eigenvalue weighted by Crippen LogP contribution is 2.24. The average molecular weight is 777 g/mol. The Morgan fingerprint density at radius 1 is 0.554 bits per heavy atom. The summed E-state index contributed by atoms with van der Waals surface area (Å²) in [6.07, 6.45) is 1.16. The number of imide groups is 2. The van der Waals surface area contributed by atoms with Crippen LogP contribution in [0.15, 0.2) is 48.5 Å². The second kappa shape index (κ2) is 17.9. The van der Waals surface area contributed by atoms with Gasteiger partial charge in [-0.15, -0.1) is 0 Å². The van der Waals surface area contributed by atoms with E-state index in [0.29, 0.717) is 51.9 Å². The third-order valence-corrected chi connectivity index (χ3v) is 9.49. The van der Waals surface area contributed by atoms with Crippen molar-refractivity contribution in [3.8, 4) is 0 Å². The lowest BCUT2D eigenvalue weighted by molar-refractivity contribution is -0.135. The summed E-state index contributed by atoms with van der Waals surface area (Å²) >= 11 is 0. The van der Waals surface area contributed by atoms with Crippen LogP contribution < -0.4 is 31.1 Å². The van der Waals surface area contributed by atoms with Crippen molar-refractivity contribution in [2.24, 2.45) is 0 Å². The molecule has 2 aromatic carbocycles.